The van der Waals surface area contributed by atoms with Crippen molar-refractivity contribution in [3.8, 4) is 0 Å². The Morgan fingerprint density at radius 2 is 2.17 bits per heavy atom. The van der Waals surface area contributed by atoms with Crippen LogP contribution in [0.15, 0.2) is 17.5 Å². The highest BCUT2D eigenvalue weighted by Crippen LogP contribution is 2.25. The minimum absolute atomic E-state index is 0.0534. The van der Waals surface area contributed by atoms with E-state index in [1.807, 2.05) is 11.4 Å². The van der Waals surface area contributed by atoms with Crippen molar-refractivity contribution in [2.75, 3.05) is 13.7 Å². The zero-order valence-electron chi connectivity index (χ0n) is 10.4. The van der Waals surface area contributed by atoms with E-state index in [4.69, 9.17) is 0 Å². The highest BCUT2D eigenvalue weighted by atomic mass is 32.1. The topological polar surface area (TPSA) is 46.6 Å². The zero-order valence-corrected chi connectivity index (χ0v) is 11.2. The van der Waals surface area contributed by atoms with Crippen molar-refractivity contribution in [1.82, 2.24) is 4.90 Å². The number of amides is 1. The van der Waals surface area contributed by atoms with Crippen molar-refractivity contribution in [3.63, 3.8) is 0 Å². The zero-order chi connectivity index (χ0) is 13.0. The number of methoxy groups -OCH3 is 1. The van der Waals surface area contributed by atoms with Gasteiger partial charge < -0.3 is 9.64 Å². The van der Waals surface area contributed by atoms with Crippen molar-refractivity contribution in [2.24, 2.45) is 0 Å². The molecule has 2 rings (SSSR count). The van der Waals surface area contributed by atoms with Crippen LogP contribution in [0.5, 0.6) is 0 Å². The molecule has 4 nitrogen and oxygen atoms in total. The quantitative estimate of drug-likeness (QED) is 0.786. The second-order valence-electron chi connectivity index (χ2n) is 4.42. The summed E-state index contributed by atoms with van der Waals surface area (Å²) >= 11 is 1.41. The molecule has 1 aliphatic rings. The van der Waals surface area contributed by atoms with Crippen molar-refractivity contribution in [3.05, 3.63) is 22.4 Å². The maximum Gasteiger partial charge on any atom is 0.325 e. The standard InChI is InChI=1S/C13H17NO3S/c1-17-12(15)9-14(10-5-2-3-6-10)13(16)11-7-4-8-18-11/h4,7-8,10H,2-3,5-6,9H2,1H3. The van der Waals surface area contributed by atoms with E-state index in [1.165, 1.54) is 18.4 Å². The monoisotopic (exact) mass is 267 g/mol. The Morgan fingerprint density at radius 3 is 2.72 bits per heavy atom. The summed E-state index contributed by atoms with van der Waals surface area (Å²) < 4.78 is 4.68. The van der Waals surface area contributed by atoms with Crippen LogP contribution < -0.4 is 0 Å². The van der Waals surface area contributed by atoms with Gasteiger partial charge in [-0.15, -0.1) is 11.3 Å². The highest BCUT2D eigenvalue weighted by molar-refractivity contribution is 7.12. The van der Waals surface area contributed by atoms with Gasteiger partial charge in [0.1, 0.15) is 6.54 Å². The lowest BCUT2D eigenvalue weighted by Gasteiger charge is -2.27. The molecule has 1 fully saturated rings. The molecule has 0 unspecified atom stereocenters. The summed E-state index contributed by atoms with van der Waals surface area (Å²) in [7, 11) is 1.35. The fraction of sp³-hybridized carbons (Fsp3) is 0.538. The summed E-state index contributed by atoms with van der Waals surface area (Å²) in [5.41, 5.74) is 0. The maximum absolute atomic E-state index is 12.4. The minimum atomic E-state index is -0.355. The SMILES string of the molecule is COC(=O)CN(C(=O)c1cccs1)C1CCCC1. The third kappa shape index (κ3) is 2.90. The van der Waals surface area contributed by atoms with Gasteiger partial charge in [0.05, 0.1) is 12.0 Å². The fourth-order valence-electron chi connectivity index (χ4n) is 2.33. The molecule has 5 heteroatoms. The van der Waals surface area contributed by atoms with Crippen LogP contribution in [-0.2, 0) is 9.53 Å². The van der Waals surface area contributed by atoms with Crippen LogP contribution >= 0.6 is 11.3 Å². The molecule has 1 saturated carbocycles. The molecule has 98 valence electrons. The van der Waals surface area contributed by atoms with Crippen molar-refractivity contribution in [1.29, 1.82) is 0 Å². The molecule has 0 aromatic carbocycles. The molecule has 0 spiro atoms. The number of hydrogen-bond donors (Lipinski definition) is 0. The molecule has 0 radical (unpaired) electrons. The molecule has 0 aliphatic heterocycles. The molecule has 18 heavy (non-hydrogen) atoms. The normalized spacial score (nSPS) is 15.6. The molecule has 0 atom stereocenters. The summed E-state index contributed by atoms with van der Waals surface area (Å²) in [5, 5.41) is 1.87. The number of carbonyl (C=O) groups is 2. The number of carbonyl (C=O) groups excluding carboxylic acids is 2. The minimum Gasteiger partial charge on any atom is -0.468 e. The van der Waals surface area contributed by atoms with Crippen LogP contribution in [0.3, 0.4) is 0 Å². The first-order chi connectivity index (χ1) is 8.72. The molecule has 0 saturated heterocycles. The summed E-state index contributed by atoms with van der Waals surface area (Å²) in [6, 6.07) is 3.83. The number of hydrogen-bond acceptors (Lipinski definition) is 4. The maximum atomic E-state index is 12.4. The smallest absolute Gasteiger partial charge is 0.325 e. The van der Waals surface area contributed by atoms with Crippen LogP contribution in [0.2, 0.25) is 0 Å². The van der Waals surface area contributed by atoms with Gasteiger partial charge >= 0.3 is 5.97 Å². The number of thiophene rings is 1. The van der Waals surface area contributed by atoms with E-state index in [1.54, 1.807) is 11.0 Å². The van der Waals surface area contributed by atoms with Gasteiger partial charge in [-0.05, 0) is 24.3 Å². The third-order valence-corrected chi connectivity index (χ3v) is 4.14. The van der Waals surface area contributed by atoms with E-state index in [-0.39, 0.29) is 24.5 Å². The number of rotatable bonds is 4. The average Bonchev–Trinajstić information content (AvgIpc) is 3.06. The largest absolute Gasteiger partial charge is 0.468 e. The van der Waals surface area contributed by atoms with Crippen molar-refractivity contribution in [2.45, 2.75) is 31.7 Å². The molecule has 1 amide bonds. The summed E-state index contributed by atoms with van der Waals surface area (Å²) in [6.07, 6.45) is 4.21. The van der Waals surface area contributed by atoms with Crippen LogP contribution in [-0.4, -0.2) is 36.5 Å². The van der Waals surface area contributed by atoms with E-state index in [0.717, 1.165) is 25.7 Å². The van der Waals surface area contributed by atoms with E-state index < -0.39 is 0 Å². The third-order valence-electron chi connectivity index (χ3n) is 3.29. The molecular formula is C13H17NO3S. The number of nitrogens with zero attached hydrogens (tertiary/aromatic N) is 1. The van der Waals surface area contributed by atoms with E-state index in [2.05, 4.69) is 4.74 Å². The van der Waals surface area contributed by atoms with Crippen LogP contribution in [0, 0.1) is 0 Å². The predicted molar refractivity (Wildman–Crippen MR) is 69.6 cm³/mol. The lowest BCUT2D eigenvalue weighted by atomic mass is 10.2. The Bertz CT molecular complexity index is 410. The van der Waals surface area contributed by atoms with E-state index >= 15 is 0 Å². The van der Waals surface area contributed by atoms with Gasteiger partial charge in [0.2, 0.25) is 0 Å². The van der Waals surface area contributed by atoms with Gasteiger partial charge in [0.15, 0.2) is 0 Å². The highest BCUT2D eigenvalue weighted by Gasteiger charge is 2.29. The van der Waals surface area contributed by atoms with Crippen molar-refractivity contribution >= 4 is 23.2 Å². The van der Waals surface area contributed by atoms with Crippen molar-refractivity contribution < 1.29 is 14.3 Å². The van der Waals surface area contributed by atoms with Gasteiger partial charge in [-0.1, -0.05) is 18.9 Å². The Hall–Kier alpha value is -1.36. The lowest BCUT2D eigenvalue weighted by molar-refractivity contribution is -0.141. The number of esters is 1. The summed E-state index contributed by atoms with van der Waals surface area (Å²) in [6.45, 7) is 0.0535. The Morgan fingerprint density at radius 1 is 1.44 bits per heavy atom. The molecule has 0 N–H and O–H groups in total. The number of ether oxygens (including phenoxy) is 1. The van der Waals surface area contributed by atoms with Gasteiger partial charge in [-0.3, -0.25) is 9.59 Å². The first-order valence-corrected chi connectivity index (χ1v) is 7.01. The Labute approximate surface area is 111 Å². The first kappa shape index (κ1) is 13.1. The Kier molecular flexibility index (Phi) is 4.36. The van der Waals surface area contributed by atoms with E-state index in [9.17, 15) is 9.59 Å². The molecule has 1 heterocycles. The average molecular weight is 267 g/mol. The van der Waals surface area contributed by atoms with Crippen LogP contribution in [0.4, 0.5) is 0 Å². The van der Waals surface area contributed by atoms with Gasteiger partial charge in [0.25, 0.3) is 5.91 Å². The lowest BCUT2D eigenvalue weighted by Crippen LogP contribution is -2.42. The van der Waals surface area contributed by atoms with E-state index in [0.29, 0.717) is 4.88 Å². The molecule has 0 bridgehead atoms. The van der Waals surface area contributed by atoms with Gasteiger partial charge in [-0.2, -0.15) is 0 Å². The molecule has 1 aliphatic carbocycles. The Balaban J connectivity index is 2.13. The molecule has 1 aromatic heterocycles. The fourth-order valence-corrected chi connectivity index (χ4v) is 3.01. The predicted octanol–water partition coefficient (Wildman–Crippen LogP) is 2.31. The first-order valence-electron chi connectivity index (χ1n) is 6.13. The van der Waals surface area contributed by atoms with Crippen LogP contribution in [0.1, 0.15) is 35.4 Å². The molecular weight excluding hydrogens is 250 g/mol. The molecule has 1 aromatic rings. The second kappa shape index (κ2) is 6.00. The summed E-state index contributed by atoms with van der Waals surface area (Å²) in [4.78, 5) is 26.2. The van der Waals surface area contributed by atoms with Crippen LogP contribution in [0.25, 0.3) is 0 Å². The summed E-state index contributed by atoms with van der Waals surface area (Å²) in [5.74, 6) is -0.408. The van der Waals surface area contributed by atoms with Gasteiger partial charge in [-0.25, -0.2) is 0 Å². The second-order valence-corrected chi connectivity index (χ2v) is 5.37. The van der Waals surface area contributed by atoms with Gasteiger partial charge in [0, 0.05) is 6.04 Å².